The smallest absolute Gasteiger partial charge is 0.268 e. The van der Waals surface area contributed by atoms with E-state index in [0.29, 0.717) is 12.2 Å². The number of carbonyl (C=O) groups excluding carboxylic acids is 3. The summed E-state index contributed by atoms with van der Waals surface area (Å²) in [4.78, 5) is 41.7. The lowest BCUT2D eigenvalue weighted by Crippen LogP contribution is -2.56. The minimum Gasteiger partial charge on any atom is -0.347 e. The topological polar surface area (TPSA) is 86.7 Å². The van der Waals surface area contributed by atoms with E-state index in [0.717, 1.165) is 75.2 Å². The highest BCUT2D eigenvalue weighted by Gasteiger charge is 2.48. The summed E-state index contributed by atoms with van der Waals surface area (Å²) in [6.45, 7) is 6.11. The first-order valence-electron chi connectivity index (χ1n) is 14.4. The third-order valence-corrected chi connectivity index (χ3v) is 8.76. The highest BCUT2D eigenvalue weighted by atomic mass is 16.2. The molecule has 6 rings (SSSR count). The average molecular weight is 540 g/mol. The molecule has 2 N–H and O–H groups in total. The van der Waals surface area contributed by atoms with Crippen LogP contribution in [0.1, 0.15) is 76.7 Å². The Balaban J connectivity index is 1.12. The van der Waals surface area contributed by atoms with Crippen molar-refractivity contribution in [2.24, 2.45) is 0 Å². The lowest BCUT2D eigenvalue weighted by Gasteiger charge is -2.53. The number of anilines is 1. The quantitative estimate of drug-likeness (QED) is 0.463. The molecule has 1 saturated heterocycles. The SMILES string of the molecule is CC(=O)Nc1ccc(CNC(=O)c2ccc3n2CCN(Cc2ccc(C(=O)N4CCCC4)cc2)C32CCC2)cc1. The van der Waals surface area contributed by atoms with Crippen LogP contribution in [-0.2, 0) is 30.0 Å². The zero-order chi connectivity index (χ0) is 27.7. The Hall–Kier alpha value is -3.91. The zero-order valence-electron chi connectivity index (χ0n) is 23.1. The van der Waals surface area contributed by atoms with Gasteiger partial charge in [0.15, 0.2) is 0 Å². The molecule has 1 aromatic heterocycles. The number of aromatic nitrogens is 1. The minimum absolute atomic E-state index is 0.0413. The van der Waals surface area contributed by atoms with E-state index in [-0.39, 0.29) is 23.3 Å². The van der Waals surface area contributed by atoms with Gasteiger partial charge in [-0.05, 0) is 79.6 Å². The van der Waals surface area contributed by atoms with Crippen molar-refractivity contribution in [1.82, 2.24) is 19.7 Å². The molecule has 208 valence electrons. The number of hydrogen-bond acceptors (Lipinski definition) is 4. The van der Waals surface area contributed by atoms with Crippen LogP contribution in [0.5, 0.6) is 0 Å². The second-order valence-corrected chi connectivity index (χ2v) is 11.3. The highest BCUT2D eigenvalue weighted by Crippen LogP contribution is 2.49. The van der Waals surface area contributed by atoms with Gasteiger partial charge in [0, 0.05) is 63.1 Å². The summed E-state index contributed by atoms with van der Waals surface area (Å²) in [6, 6.07) is 19.8. The molecular formula is C32H37N5O3. The first-order valence-corrected chi connectivity index (χ1v) is 14.4. The predicted octanol–water partition coefficient (Wildman–Crippen LogP) is 4.51. The van der Waals surface area contributed by atoms with Crippen LogP contribution in [0, 0.1) is 0 Å². The number of fused-ring (bicyclic) bond motifs is 2. The Morgan fingerprint density at radius 2 is 1.50 bits per heavy atom. The molecule has 40 heavy (non-hydrogen) atoms. The molecule has 1 spiro atoms. The van der Waals surface area contributed by atoms with Gasteiger partial charge in [-0.3, -0.25) is 19.3 Å². The zero-order valence-corrected chi connectivity index (χ0v) is 23.1. The fourth-order valence-electron chi connectivity index (χ4n) is 6.48. The van der Waals surface area contributed by atoms with Gasteiger partial charge in [-0.25, -0.2) is 0 Å². The molecule has 1 saturated carbocycles. The number of amides is 3. The third-order valence-electron chi connectivity index (χ3n) is 8.76. The summed E-state index contributed by atoms with van der Waals surface area (Å²) in [5, 5.41) is 5.83. The molecule has 1 aliphatic carbocycles. The molecule has 0 radical (unpaired) electrons. The molecule has 3 aromatic rings. The number of hydrogen-bond donors (Lipinski definition) is 2. The number of rotatable bonds is 7. The molecule has 3 heterocycles. The fourth-order valence-corrected chi connectivity index (χ4v) is 6.48. The van der Waals surface area contributed by atoms with Gasteiger partial charge < -0.3 is 20.1 Å². The first-order chi connectivity index (χ1) is 19.4. The van der Waals surface area contributed by atoms with Crippen LogP contribution in [0.2, 0.25) is 0 Å². The molecule has 0 bridgehead atoms. The Morgan fingerprint density at radius 3 is 2.15 bits per heavy atom. The van der Waals surface area contributed by atoms with Crippen LogP contribution in [0.3, 0.4) is 0 Å². The predicted molar refractivity (Wildman–Crippen MR) is 154 cm³/mol. The largest absolute Gasteiger partial charge is 0.347 e. The summed E-state index contributed by atoms with van der Waals surface area (Å²) < 4.78 is 2.21. The van der Waals surface area contributed by atoms with Crippen LogP contribution in [0.15, 0.2) is 60.7 Å². The van der Waals surface area contributed by atoms with Gasteiger partial charge in [0.2, 0.25) is 5.91 Å². The van der Waals surface area contributed by atoms with Crippen molar-refractivity contribution in [1.29, 1.82) is 0 Å². The van der Waals surface area contributed by atoms with Crippen molar-refractivity contribution in [2.75, 3.05) is 25.0 Å². The number of carbonyl (C=O) groups is 3. The van der Waals surface area contributed by atoms with E-state index in [1.807, 2.05) is 47.4 Å². The molecule has 3 amide bonds. The molecule has 0 atom stereocenters. The Morgan fingerprint density at radius 1 is 0.800 bits per heavy atom. The van der Waals surface area contributed by atoms with Gasteiger partial charge in [-0.15, -0.1) is 0 Å². The molecule has 2 aliphatic heterocycles. The maximum absolute atomic E-state index is 13.2. The lowest BCUT2D eigenvalue weighted by atomic mass is 9.71. The summed E-state index contributed by atoms with van der Waals surface area (Å²) in [5.41, 5.74) is 5.60. The fraction of sp³-hybridized carbons (Fsp3) is 0.406. The van der Waals surface area contributed by atoms with E-state index in [1.54, 1.807) is 0 Å². The summed E-state index contributed by atoms with van der Waals surface area (Å²) >= 11 is 0. The summed E-state index contributed by atoms with van der Waals surface area (Å²) in [5.74, 6) is -0.0364. The van der Waals surface area contributed by atoms with Crippen molar-refractivity contribution in [3.8, 4) is 0 Å². The second kappa shape index (κ2) is 10.9. The van der Waals surface area contributed by atoms with Crippen molar-refractivity contribution in [2.45, 2.75) is 64.2 Å². The minimum atomic E-state index is -0.107. The van der Waals surface area contributed by atoms with Gasteiger partial charge in [-0.2, -0.15) is 0 Å². The van der Waals surface area contributed by atoms with E-state index in [4.69, 9.17) is 0 Å². The highest BCUT2D eigenvalue weighted by molar-refractivity contribution is 5.94. The van der Waals surface area contributed by atoms with Gasteiger partial charge in [0.05, 0.1) is 5.54 Å². The van der Waals surface area contributed by atoms with Crippen molar-refractivity contribution in [3.63, 3.8) is 0 Å². The lowest BCUT2D eigenvalue weighted by molar-refractivity contribution is -0.114. The van der Waals surface area contributed by atoms with Crippen molar-refractivity contribution in [3.05, 3.63) is 88.7 Å². The second-order valence-electron chi connectivity index (χ2n) is 11.3. The average Bonchev–Trinajstić information content (AvgIpc) is 3.62. The van der Waals surface area contributed by atoms with Crippen LogP contribution in [0.25, 0.3) is 0 Å². The van der Waals surface area contributed by atoms with E-state index < -0.39 is 0 Å². The van der Waals surface area contributed by atoms with Crippen LogP contribution < -0.4 is 10.6 Å². The van der Waals surface area contributed by atoms with Gasteiger partial charge in [0.25, 0.3) is 11.8 Å². The Bertz CT molecular complexity index is 1400. The number of benzene rings is 2. The maximum atomic E-state index is 13.2. The van der Waals surface area contributed by atoms with Crippen LogP contribution >= 0.6 is 0 Å². The molecular weight excluding hydrogens is 502 g/mol. The van der Waals surface area contributed by atoms with Gasteiger partial charge in [0.1, 0.15) is 5.69 Å². The first kappa shape index (κ1) is 26.3. The van der Waals surface area contributed by atoms with E-state index in [1.165, 1.54) is 24.6 Å². The molecule has 2 aromatic carbocycles. The van der Waals surface area contributed by atoms with Crippen molar-refractivity contribution < 1.29 is 14.4 Å². The maximum Gasteiger partial charge on any atom is 0.268 e. The van der Waals surface area contributed by atoms with Crippen LogP contribution in [0.4, 0.5) is 5.69 Å². The summed E-state index contributed by atoms with van der Waals surface area (Å²) in [7, 11) is 0. The third kappa shape index (κ3) is 5.04. The van der Waals surface area contributed by atoms with E-state index in [2.05, 4.69) is 38.3 Å². The van der Waals surface area contributed by atoms with Crippen molar-refractivity contribution >= 4 is 23.4 Å². The van der Waals surface area contributed by atoms with Gasteiger partial charge in [-0.1, -0.05) is 24.3 Å². The Labute approximate surface area is 235 Å². The standard InChI is InChI=1S/C32H37N5O3/c1-23(38)34-27-11-7-24(8-12-27)21-33-30(39)28-13-14-29-32(15-4-16-32)36(19-20-37(28)29)22-25-5-9-26(10-6-25)31(40)35-17-2-3-18-35/h5-14H,2-4,15-22H2,1H3,(H,33,39)(H,34,38). The Kier molecular flexibility index (Phi) is 7.19. The molecule has 3 aliphatic rings. The monoisotopic (exact) mass is 539 g/mol. The number of likely N-dealkylation sites (tertiary alicyclic amines) is 1. The number of nitrogens with one attached hydrogen (secondary N) is 2. The molecule has 8 nitrogen and oxygen atoms in total. The van der Waals surface area contributed by atoms with E-state index in [9.17, 15) is 14.4 Å². The van der Waals surface area contributed by atoms with Gasteiger partial charge >= 0.3 is 0 Å². The summed E-state index contributed by atoms with van der Waals surface area (Å²) in [6.07, 6.45) is 5.55. The van der Waals surface area contributed by atoms with Crippen LogP contribution in [-0.4, -0.2) is 51.7 Å². The molecule has 2 fully saturated rings. The number of nitrogens with zero attached hydrogens (tertiary/aromatic N) is 3. The van der Waals surface area contributed by atoms with E-state index >= 15 is 0 Å². The molecule has 8 heteroatoms. The molecule has 0 unspecified atom stereocenters. The normalized spacial score (nSPS) is 17.8.